The van der Waals surface area contributed by atoms with Gasteiger partial charge < -0.3 is 40.9 Å². The van der Waals surface area contributed by atoms with Gasteiger partial charge in [-0.3, -0.25) is 25.4 Å². The first-order valence-corrected chi connectivity index (χ1v) is 19.8. The van der Waals surface area contributed by atoms with E-state index in [4.69, 9.17) is 9.47 Å². The summed E-state index contributed by atoms with van der Waals surface area (Å²) in [6.07, 6.45) is -11.8. The van der Waals surface area contributed by atoms with Crippen molar-refractivity contribution in [3.8, 4) is 0 Å². The molecule has 12 N–H and O–H groups in total. The number of quaternary nitrogens is 4. The van der Waals surface area contributed by atoms with Gasteiger partial charge in [-0.15, -0.1) is 0 Å². The quantitative estimate of drug-likeness (QED) is 0.0257. The SMILES string of the molecule is COC(=O)c1cc(C(=O)OC)c(C/C(=N/Nc2ccc([NH+]([O-])O)cc2[NH+]([O-])O)C(=O)Nc2cccc(C(F)(F)F)c2)nc1C/C(=N/Nc1ccc([NH+]([O-])O)cc1[NH+]([O-])O)C(=O)Nc1cccc(C(F)(F)F)c1. The van der Waals surface area contributed by atoms with Crippen LogP contribution in [-0.2, 0) is 44.3 Å². The number of hydrogen-bond donors (Lipinski definition) is 12. The zero-order chi connectivity index (χ0) is 53.2. The summed E-state index contributed by atoms with van der Waals surface area (Å²) in [6, 6.07) is 12.5. The van der Waals surface area contributed by atoms with Gasteiger partial charge in [-0.25, -0.2) is 30.4 Å². The van der Waals surface area contributed by atoms with Gasteiger partial charge in [0.1, 0.15) is 22.8 Å². The molecule has 0 aliphatic carbocycles. The maximum atomic E-state index is 14.0. The number of methoxy groups -OCH3 is 2. The van der Waals surface area contributed by atoms with E-state index in [1.54, 1.807) is 0 Å². The average Bonchev–Trinajstić information content (AvgIpc) is 3.32. The van der Waals surface area contributed by atoms with Crippen LogP contribution >= 0.6 is 0 Å². The summed E-state index contributed by atoms with van der Waals surface area (Å²) in [6.45, 7) is 0. The summed E-state index contributed by atoms with van der Waals surface area (Å²) in [5, 5.41) is 91.7. The molecule has 25 nitrogen and oxygen atoms in total. The Morgan fingerprint density at radius 1 is 0.569 bits per heavy atom. The number of amides is 2. The summed E-state index contributed by atoms with van der Waals surface area (Å²) in [5.74, 6) is -5.21. The normalized spacial score (nSPS) is 13.8. The van der Waals surface area contributed by atoms with E-state index in [0.29, 0.717) is 24.3 Å². The molecule has 1 heterocycles. The van der Waals surface area contributed by atoms with E-state index < -0.39 is 160 Å². The fourth-order valence-electron chi connectivity index (χ4n) is 6.21. The Morgan fingerprint density at radius 3 is 1.26 bits per heavy atom. The average molecular weight is 1020 g/mol. The van der Waals surface area contributed by atoms with E-state index in [1.165, 1.54) is 0 Å². The summed E-state index contributed by atoms with van der Waals surface area (Å²) in [4.78, 5) is 59.0. The lowest BCUT2D eigenvalue weighted by Gasteiger charge is -2.19. The van der Waals surface area contributed by atoms with Crippen molar-refractivity contribution < 1.29 is 96.7 Å². The number of ether oxygens (including phenoxy) is 2. The Kier molecular flexibility index (Phi) is 17.7. The van der Waals surface area contributed by atoms with Gasteiger partial charge in [0.2, 0.25) is 0 Å². The lowest BCUT2D eigenvalue weighted by atomic mass is 10.00. The molecule has 0 aliphatic heterocycles. The van der Waals surface area contributed by atoms with Crippen LogP contribution in [0.2, 0.25) is 0 Å². The maximum Gasteiger partial charge on any atom is 0.416 e. The lowest BCUT2D eigenvalue weighted by molar-refractivity contribution is -0.996. The Bertz CT molecular complexity index is 2710. The number of aromatic nitrogens is 1. The Morgan fingerprint density at radius 2 is 0.944 bits per heavy atom. The maximum absolute atomic E-state index is 14.0. The van der Waals surface area contributed by atoms with E-state index in [1.807, 2.05) is 0 Å². The minimum Gasteiger partial charge on any atom is -0.595 e. The summed E-state index contributed by atoms with van der Waals surface area (Å²) < 4.78 is 91.6. The van der Waals surface area contributed by atoms with Crippen LogP contribution in [0, 0.1) is 20.8 Å². The minimum atomic E-state index is -4.89. The second-order valence-corrected chi connectivity index (χ2v) is 14.5. The number of carbonyl (C=O) groups excluding carboxylic acids is 4. The van der Waals surface area contributed by atoms with Gasteiger partial charge in [0.05, 0.1) is 60.0 Å². The van der Waals surface area contributed by atoms with Crippen LogP contribution in [-0.4, -0.2) is 75.2 Å². The zero-order valence-electron chi connectivity index (χ0n) is 36.6. The lowest BCUT2D eigenvalue weighted by Crippen LogP contribution is -3.00. The molecular formula is C41H37F6N11O14. The van der Waals surface area contributed by atoms with Crippen molar-refractivity contribution in [3.63, 3.8) is 0 Å². The molecular weight excluding hydrogens is 985 g/mol. The van der Waals surface area contributed by atoms with E-state index in [9.17, 15) is 87.2 Å². The van der Waals surface area contributed by atoms with Gasteiger partial charge in [-0.2, -0.15) is 57.5 Å². The number of alkyl halides is 6. The number of rotatable bonds is 18. The highest BCUT2D eigenvalue weighted by atomic mass is 19.4. The summed E-state index contributed by atoms with van der Waals surface area (Å²) >= 11 is 0. The first-order chi connectivity index (χ1) is 33.8. The molecule has 0 spiro atoms. The van der Waals surface area contributed by atoms with E-state index in [0.717, 1.165) is 80.9 Å². The number of esters is 2. The first kappa shape index (κ1) is 54.9. The summed E-state index contributed by atoms with van der Waals surface area (Å²) in [5.41, 5.74) is -6.13. The van der Waals surface area contributed by atoms with Crippen LogP contribution in [0.25, 0.3) is 0 Å². The molecule has 1 aromatic heterocycles. The number of pyridine rings is 1. The molecule has 4 aromatic carbocycles. The third-order valence-electron chi connectivity index (χ3n) is 9.70. The highest BCUT2D eigenvalue weighted by molar-refractivity contribution is 6.44. The number of halogens is 6. The monoisotopic (exact) mass is 1020 g/mol. The molecule has 31 heteroatoms. The van der Waals surface area contributed by atoms with Gasteiger partial charge in [-0.1, -0.05) is 12.1 Å². The van der Waals surface area contributed by atoms with Crippen LogP contribution in [0.1, 0.15) is 43.2 Å². The third-order valence-corrected chi connectivity index (χ3v) is 9.70. The molecule has 0 aliphatic rings. The van der Waals surface area contributed by atoms with Crippen molar-refractivity contribution in [1.82, 2.24) is 4.98 Å². The highest BCUT2D eigenvalue weighted by Crippen LogP contribution is 2.32. The molecule has 0 saturated heterocycles. The first-order valence-electron chi connectivity index (χ1n) is 19.8. The molecule has 2 amide bonds. The van der Waals surface area contributed by atoms with Gasteiger partial charge in [0.15, 0.2) is 22.7 Å². The number of carbonyl (C=O) groups is 4. The van der Waals surface area contributed by atoms with Crippen molar-refractivity contribution in [3.05, 3.63) is 145 Å². The second kappa shape index (κ2) is 23.2. The molecule has 382 valence electrons. The number of benzene rings is 4. The van der Waals surface area contributed by atoms with E-state index in [-0.39, 0.29) is 0 Å². The standard InChI is InChI=1S/C41H37F6N11O14/c1-71-38(61)26-17-27(39(62)72-2)31(19-33(37(60)49-23-8-4-6-21(14-23)41(45,46)47)54-52-29-12-10-25(56(65)66)16-35(29)58(69)70)50-30(26)18-32(36(59)48-22-7-3-5-20(13-22)40(42,43)44)53-51-28-11-9-24(55(63)64)15-34(28)57(67)68/h3-17,51-52,55-58,63,65,67,69H,18-19H2,1-2H3,(H,48,59)(H,49,60)/b53-32-,54-33-. The molecule has 0 fully saturated rings. The highest BCUT2D eigenvalue weighted by Gasteiger charge is 2.33. The topological polar surface area (TPSA) is 363 Å². The number of anilines is 4. The Hall–Kier alpha value is -8.05. The molecule has 72 heavy (non-hydrogen) atoms. The van der Waals surface area contributed by atoms with Gasteiger partial charge in [0, 0.05) is 36.3 Å². The molecule has 5 aromatic rings. The number of hydrazone groups is 2. The second-order valence-electron chi connectivity index (χ2n) is 14.5. The van der Waals surface area contributed by atoms with Crippen molar-refractivity contribution in [1.29, 1.82) is 0 Å². The van der Waals surface area contributed by atoms with Crippen LogP contribution < -0.4 is 42.4 Å². The molecule has 0 bridgehead atoms. The van der Waals surface area contributed by atoms with Crippen molar-refractivity contribution >= 4 is 80.7 Å². The smallest absolute Gasteiger partial charge is 0.416 e. The third kappa shape index (κ3) is 14.1. The van der Waals surface area contributed by atoms with Crippen LogP contribution in [0.5, 0.6) is 0 Å². The molecule has 4 unspecified atom stereocenters. The number of nitrogens with one attached hydrogen (secondary N) is 8. The van der Waals surface area contributed by atoms with Crippen molar-refractivity contribution in [2.24, 2.45) is 10.2 Å². The zero-order valence-corrected chi connectivity index (χ0v) is 36.6. The Labute approximate surface area is 398 Å². The fraction of sp³-hybridized carbons (Fsp3) is 0.146. The van der Waals surface area contributed by atoms with E-state index in [2.05, 4.69) is 36.7 Å². The van der Waals surface area contributed by atoms with Gasteiger partial charge >= 0.3 is 24.3 Å². The molecule has 0 saturated carbocycles. The van der Waals surface area contributed by atoms with Gasteiger partial charge in [-0.05, 0) is 54.6 Å². The fourth-order valence-corrected chi connectivity index (χ4v) is 6.21. The van der Waals surface area contributed by atoms with E-state index >= 15 is 0 Å². The van der Waals surface area contributed by atoms with Crippen molar-refractivity contribution in [2.45, 2.75) is 25.2 Å². The number of hydrogen-bond acceptors (Lipinski definition) is 19. The summed E-state index contributed by atoms with van der Waals surface area (Å²) in [7, 11) is 1.76. The van der Waals surface area contributed by atoms with Crippen LogP contribution in [0.4, 0.5) is 71.8 Å². The predicted molar refractivity (Wildman–Crippen MR) is 233 cm³/mol. The molecule has 0 radical (unpaired) electrons. The van der Waals surface area contributed by atoms with Crippen molar-refractivity contribution in [2.75, 3.05) is 35.7 Å². The largest absolute Gasteiger partial charge is 0.595 e. The minimum absolute atomic E-state index is 0.441. The number of nitrogens with zero attached hydrogens (tertiary/aromatic N) is 3. The van der Waals surface area contributed by atoms with Gasteiger partial charge in [0.25, 0.3) is 11.8 Å². The van der Waals surface area contributed by atoms with Crippen LogP contribution in [0.15, 0.2) is 101 Å². The Balaban J connectivity index is 1.70. The molecule has 5 rings (SSSR count). The molecule has 4 atom stereocenters. The predicted octanol–water partition coefficient (Wildman–Crippen LogP) is 1.60. The van der Waals surface area contributed by atoms with Crippen LogP contribution in [0.3, 0.4) is 0 Å².